The van der Waals surface area contributed by atoms with E-state index < -0.39 is 0 Å². The number of nitrogens with zero attached hydrogens (tertiary/aromatic N) is 1. The van der Waals surface area contributed by atoms with Gasteiger partial charge in [0.05, 0.1) is 11.6 Å². The zero-order chi connectivity index (χ0) is 12.3. The summed E-state index contributed by atoms with van der Waals surface area (Å²) >= 11 is 0. The minimum absolute atomic E-state index is 0.0923. The van der Waals surface area contributed by atoms with Gasteiger partial charge < -0.3 is 10.5 Å². The van der Waals surface area contributed by atoms with Crippen molar-refractivity contribution in [1.29, 1.82) is 0 Å². The summed E-state index contributed by atoms with van der Waals surface area (Å²) in [6.07, 6.45) is 9.63. The van der Waals surface area contributed by atoms with Gasteiger partial charge in [0.1, 0.15) is 0 Å². The highest BCUT2D eigenvalue weighted by atomic mass is 16.5. The molecule has 2 rings (SSSR count). The SMILES string of the molecule is CC1OCCC1(CN)N(C)C1CCCCCC1. The molecule has 3 nitrogen and oxygen atoms in total. The van der Waals surface area contributed by atoms with Crippen molar-refractivity contribution in [2.24, 2.45) is 5.73 Å². The van der Waals surface area contributed by atoms with Crippen LogP contribution in [0.1, 0.15) is 51.9 Å². The maximum Gasteiger partial charge on any atom is 0.0743 e. The molecular formula is C14H28N2O. The maximum absolute atomic E-state index is 6.08. The standard InChI is InChI=1S/C14H28N2O/c1-12-14(11-15,9-10-17-12)16(2)13-7-5-3-4-6-8-13/h12-13H,3-11,15H2,1-2H3. The first-order valence-corrected chi connectivity index (χ1v) is 7.25. The summed E-state index contributed by atoms with van der Waals surface area (Å²) in [5.41, 5.74) is 6.18. The van der Waals surface area contributed by atoms with Gasteiger partial charge in [-0.3, -0.25) is 4.90 Å². The lowest BCUT2D eigenvalue weighted by molar-refractivity contribution is 0.00262. The minimum Gasteiger partial charge on any atom is -0.376 e. The first-order valence-electron chi connectivity index (χ1n) is 7.25. The Morgan fingerprint density at radius 3 is 2.35 bits per heavy atom. The van der Waals surface area contributed by atoms with Gasteiger partial charge in [0.2, 0.25) is 0 Å². The normalized spacial score (nSPS) is 36.4. The minimum atomic E-state index is 0.0923. The smallest absolute Gasteiger partial charge is 0.0743 e. The Hall–Kier alpha value is -0.120. The van der Waals surface area contributed by atoms with E-state index in [0.717, 1.165) is 19.6 Å². The molecule has 17 heavy (non-hydrogen) atoms. The molecule has 2 atom stereocenters. The predicted molar refractivity (Wildman–Crippen MR) is 71.1 cm³/mol. The number of nitrogens with two attached hydrogens (primary N) is 1. The summed E-state index contributed by atoms with van der Waals surface area (Å²) < 4.78 is 5.78. The van der Waals surface area contributed by atoms with E-state index in [2.05, 4.69) is 18.9 Å². The second-order valence-corrected chi connectivity index (χ2v) is 5.83. The molecule has 100 valence electrons. The summed E-state index contributed by atoms with van der Waals surface area (Å²) in [5, 5.41) is 0. The van der Waals surface area contributed by atoms with Gasteiger partial charge in [-0.15, -0.1) is 0 Å². The van der Waals surface area contributed by atoms with Crippen molar-refractivity contribution in [3.05, 3.63) is 0 Å². The van der Waals surface area contributed by atoms with Crippen LogP contribution >= 0.6 is 0 Å². The highest BCUT2D eigenvalue weighted by molar-refractivity contribution is 5.01. The Morgan fingerprint density at radius 2 is 1.88 bits per heavy atom. The number of likely N-dealkylation sites (N-methyl/N-ethyl adjacent to an activating group) is 1. The Morgan fingerprint density at radius 1 is 1.24 bits per heavy atom. The van der Waals surface area contributed by atoms with Gasteiger partial charge in [0, 0.05) is 19.2 Å². The molecule has 0 aromatic rings. The van der Waals surface area contributed by atoms with Crippen molar-refractivity contribution in [1.82, 2.24) is 4.90 Å². The molecule has 1 aliphatic heterocycles. The average molecular weight is 240 g/mol. The molecule has 0 aromatic carbocycles. The van der Waals surface area contributed by atoms with Gasteiger partial charge in [-0.2, -0.15) is 0 Å². The topological polar surface area (TPSA) is 38.5 Å². The van der Waals surface area contributed by atoms with E-state index in [9.17, 15) is 0 Å². The third kappa shape index (κ3) is 2.51. The maximum atomic E-state index is 6.08. The van der Waals surface area contributed by atoms with Crippen LogP contribution in [-0.4, -0.2) is 42.8 Å². The van der Waals surface area contributed by atoms with Gasteiger partial charge in [0.15, 0.2) is 0 Å². The van der Waals surface area contributed by atoms with E-state index >= 15 is 0 Å². The molecule has 1 saturated heterocycles. The van der Waals surface area contributed by atoms with Crippen molar-refractivity contribution < 1.29 is 4.74 Å². The molecular weight excluding hydrogens is 212 g/mol. The second kappa shape index (κ2) is 5.68. The van der Waals surface area contributed by atoms with Crippen LogP contribution in [0.3, 0.4) is 0 Å². The van der Waals surface area contributed by atoms with E-state index in [1.54, 1.807) is 0 Å². The molecule has 2 fully saturated rings. The van der Waals surface area contributed by atoms with Gasteiger partial charge in [0.25, 0.3) is 0 Å². The number of hydrogen-bond donors (Lipinski definition) is 1. The van der Waals surface area contributed by atoms with Crippen molar-refractivity contribution >= 4 is 0 Å². The van der Waals surface area contributed by atoms with Crippen LogP contribution in [0.5, 0.6) is 0 Å². The van der Waals surface area contributed by atoms with Crippen molar-refractivity contribution in [3.63, 3.8) is 0 Å². The largest absolute Gasteiger partial charge is 0.376 e. The Bertz CT molecular complexity index is 238. The second-order valence-electron chi connectivity index (χ2n) is 5.83. The molecule has 3 heteroatoms. The molecule has 1 heterocycles. The van der Waals surface area contributed by atoms with E-state index in [1.165, 1.54) is 38.5 Å². The van der Waals surface area contributed by atoms with Crippen LogP contribution in [0.2, 0.25) is 0 Å². The van der Waals surface area contributed by atoms with Crippen LogP contribution < -0.4 is 5.73 Å². The molecule has 0 radical (unpaired) electrons. The highest BCUT2D eigenvalue weighted by Gasteiger charge is 2.45. The lowest BCUT2D eigenvalue weighted by atomic mass is 9.87. The first kappa shape index (κ1) is 13.3. The van der Waals surface area contributed by atoms with Crippen LogP contribution in [0.15, 0.2) is 0 Å². The zero-order valence-corrected chi connectivity index (χ0v) is 11.5. The number of ether oxygens (including phenoxy) is 1. The van der Waals surface area contributed by atoms with Gasteiger partial charge >= 0.3 is 0 Å². The fourth-order valence-corrected chi connectivity index (χ4v) is 3.65. The fourth-order valence-electron chi connectivity index (χ4n) is 3.65. The quantitative estimate of drug-likeness (QED) is 0.768. The molecule has 0 spiro atoms. The molecule has 2 aliphatic rings. The summed E-state index contributed by atoms with van der Waals surface area (Å²) in [6, 6.07) is 0.713. The summed E-state index contributed by atoms with van der Waals surface area (Å²) in [7, 11) is 2.27. The van der Waals surface area contributed by atoms with E-state index in [1.807, 2.05) is 0 Å². The lowest BCUT2D eigenvalue weighted by Gasteiger charge is -2.44. The molecule has 0 aromatic heterocycles. The molecule has 2 unspecified atom stereocenters. The van der Waals surface area contributed by atoms with Crippen molar-refractivity contribution in [2.75, 3.05) is 20.2 Å². The predicted octanol–water partition coefficient (Wildman–Crippen LogP) is 2.15. The van der Waals surface area contributed by atoms with Gasteiger partial charge in [-0.1, -0.05) is 25.7 Å². The monoisotopic (exact) mass is 240 g/mol. The van der Waals surface area contributed by atoms with E-state index in [-0.39, 0.29) is 11.6 Å². The first-order chi connectivity index (χ1) is 8.20. The third-order valence-electron chi connectivity index (χ3n) is 5.09. The lowest BCUT2D eigenvalue weighted by Crippen LogP contribution is -2.59. The van der Waals surface area contributed by atoms with E-state index in [0.29, 0.717) is 6.04 Å². The molecule has 1 aliphatic carbocycles. The number of hydrogen-bond acceptors (Lipinski definition) is 3. The molecule has 0 amide bonds. The Labute approximate surface area is 106 Å². The Kier molecular flexibility index (Phi) is 4.45. The highest BCUT2D eigenvalue weighted by Crippen LogP contribution is 2.34. The third-order valence-corrected chi connectivity index (χ3v) is 5.09. The average Bonchev–Trinajstić information content (AvgIpc) is 2.57. The molecule has 2 N–H and O–H groups in total. The van der Waals surface area contributed by atoms with Crippen LogP contribution in [-0.2, 0) is 4.74 Å². The van der Waals surface area contributed by atoms with Crippen LogP contribution in [0, 0.1) is 0 Å². The van der Waals surface area contributed by atoms with Gasteiger partial charge in [-0.25, -0.2) is 0 Å². The van der Waals surface area contributed by atoms with Crippen molar-refractivity contribution in [2.45, 2.75) is 69.6 Å². The van der Waals surface area contributed by atoms with Crippen LogP contribution in [0.4, 0.5) is 0 Å². The van der Waals surface area contributed by atoms with Crippen LogP contribution in [0.25, 0.3) is 0 Å². The summed E-state index contributed by atoms with van der Waals surface area (Å²) in [4.78, 5) is 2.57. The Balaban J connectivity index is 2.07. The van der Waals surface area contributed by atoms with Gasteiger partial charge in [-0.05, 0) is 33.2 Å². The summed E-state index contributed by atoms with van der Waals surface area (Å²) in [5.74, 6) is 0. The van der Waals surface area contributed by atoms with Crippen molar-refractivity contribution in [3.8, 4) is 0 Å². The molecule has 0 bridgehead atoms. The van der Waals surface area contributed by atoms with E-state index in [4.69, 9.17) is 10.5 Å². The molecule has 1 saturated carbocycles. The zero-order valence-electron chi connectivity index (χ0n) is 11.5. The number of rotatable bonds is 3. The summed E-state index contributed by atoms with van der Waals surface area (Å²) in [6.45, 7) is 3.78. The fraction of sp³-hybridized carbons (Fsp3) is 1.00.